The molecule has 0 unspecified atom stereocenters. The lowest BCUT2D eigenvalue weighted by atomic mass is 10.1. The number of amides is 1. The standard InChI is InChI=1S/C18H18FN3O4/c1-12-2-3-13(10-16(12)19)20-18(23)15-11-14(22(24)25)4-5-17(15)21-6-8-26-9-7-21/h2-5,10-11H,6-9H2,1H3,(H,20,23). The first kappa shape index (κ1) is 17.8. The van der Waals surface area contributed by atoms with Gasteiger partial charge in [-0.15, -0.1) is 0 Å². The molecule has 7 nitrogen and oxygen atoms in total. The van der Waals surface area contributed by atoms with Gasteiger partial charge < -0.3 is 15.0 Å². The second kappa shape index (κ2) is 7.49. The zero-order chi connectivity index (χ0) is 18.7. The lowest BCUT2D eigenvalue weighted by Crippen LogP contribution is -2.37. The third kappa shape index (κ3) is 3.80. The number of carbonyl (C=O) groups excluding carboxylic acids is 1. The predicted molar refractivity (Wildman–Crippen MR) is 95.2 cm³/mol. The van der Waals surface area contributed by atoms with Crippen molar-refractivity contribution in [2.45, 2.75) is 6.92 Å². The highest BCUT2D eigenvalue weighted by Gasteiger charge is 2.22. The van der Waals surface area contributed by atoms with Gasteiger partial charge in [0.25, 0.3) is 11.6 Å². The molecule has 0 bridgehead atoms. The first-order valence-electron chi connectivity index (χ1n) is 8.14. The summed E-state index contributed by atoms with van der Waals surface area (Å²) in [5, 5.41) is 13.7. The summed E-state index contributed by atoms with van der Waals surface area (Å²) in [7, 11) is 0. The molecule has 2 aromatic carbocycles. The fourth-order valence-electron chi connectivity index (χ4n) is 2.77. The lowest BCUT2D eigenvalue weighted by Gasteiger charge is -2.30. The van der Waals surface area contributed by atoms with Gasteiger partial charge in [-0.3, -0.25) is 14.9 Å². The van der Waals surface area contributed by atoms with Gasteiger partial charge in [0.15, 0.2) is 0 Å². The Bertz CT molecular complexity index is 850. The average molecular weight is 359 g/mol. The molecule has 26 heavy (non-hydrogen) atoms. The molecule has 1 fully saturated rings. The number of rotatable bonds is 4. The van der Waals surface area contributed by atoms with E-state index in [0.29, 0.717) is 37.6 Å². The Morgan fingerprint density at radius 1 is 1.23 bits per heavy atom. The number of morpholine rings is 1. The molecule has 136 valence electrons. The van der Waals surface area contributed by atoms with Gasteiger partial charge in [0.2, 0.25) is 0 Å². The normalized spacial score (nSPS) is 14.2. The third-order valence-corrected chi connectivity index (χ3v) is 4.22. The number of non-ortho nitro benzene ring substituents is 1. The Hall–Kier alpha value is -3.00. The summed E-state index contributed by atoms with van der Waals surface area (Å²) in [6.07, 6.45) is 0. The molecule has 0 aliphatic carbocycles. The maximum atomic E-state index is 13.7. The summed E-state index contributed by atoms with van der Waals surface area (Å²) in [6, 6.07) is 8.54. The summed E-state index contributed by atoms with van der Waals surface area (Å²) < 4.78 is 19.0. The molecule has 0 radical (unpaired) electrons. The van der Waals surface area contributed by atoms with Gasteiger partial charge in [-0.05, 0) is 30.7 Å². The minimum Gasteiger partial charge on any atom is -0.378 e. The first-order chi connectivity index (χ1) is 12.5. The van der Waals surface area contributed by atoms with Crippen molar-refractivity contribution in [3.63, 3.8) is 0 Å². The maximum absolute atomic E-state index is 13.7. The first-order valence-corrected chi connectivity index (χ1v) is 8.14. The van der Waals surface area contributed by atoms with Crippen molar-refractivity contribution in [3.8, 4) is 0 Å². The highest BCUT2D eigenvalue weighted by molar-refractivity contribution is 6.08. The molecule has 3 rings (SSSR count). The zero-order valence-corrected chi connectivity index (χ0v) is 14.2. The van der Waals surface area contributed by atoms with Crippen LogP contribution in [0.15, 0.2) is 36.4 Å². The Balaban J connectivity index is 1.94. The molecule has 1 N–H and O–H groups in total. The number of benzene rings is 2. The number of nitrogens with one attached hydrogen (secondary N) is 1. The number of hydrogen-bond acceptors (Lipinski definition) is 5. The van der Waals surface area contributed by atoms with Crippen LogP contribution < -0.4 is 10.2 Å². The quantitative estimate of drug-likeness (QED) is 0.670. The minimum absolute atomic E-state index is 0.169. The monoisotopic (exact) mass is 359 g/mol. The number of nitro benzene ring substituents is 1. The van der Waals surface area contributed by atoms with E-state index in [4.69, 9.17) is 4.74 Å². The van der Waals surface area contributed by atoms with E-state index in [1.54, 1.807) is 25.1 Å². The molecule has 1 heterocycles. The smallest absolute Gasteiger partial charge is 0.270 e. The van der Waals surface area contributed by atoms with Crippen molar-refractivity contribution >= 4 is 23.0 Å². The summed E-state index contributed by atoms with van der Waals surface area (Å²) in [5.41, 5.74) is 1.33. The predicted octanol–water partition coefficient (Wildman–Crippen LogP) is 3.13. The van der Waals surface area contributed by atoms with E-state index in [1.807, 2.05) is 4.90 Å². The van der Waals surface area contributed by atoms with Crippen LogP contribution in [0.5, 0.6) is 0 Å². The number of carbonyl (C=O) groups is 1. The van der Waals surface area contributed by atoms with Crippen LogP contribution in [0.25, 0.3) is 0 Å². The second-order valence-electron chi connectivity index (χ2n) is 5.98. The Morgan fingerprint density at radius 3 is 2.62 bits per heavy atom. The van der Waals surface area contributed by atoms with Crippen LogP contribution in [-0.4, -0.2) is 37.1 Å². The molecule has 0 aromatic heterocycles. The van der Waals surface area contributed by atoms with Crippen molar-refractivity contribution in [2.75, 3.05) is 36.5 Å². The summed E-state index contributed by atoms with van der Waals surface area (Å²) in [4.78, 5) is 25.2. The second-order valence-corrected chi connectivity index (χ2v) is 5.98. The van der Waals surface area contributed by atoms with E-state index in [2.05, 4.69) is 5.32 Å². The number of nitrogens with zero attached hydrogens (tertiary/aromatic N) is 2. The van der Waals surface area contributed by atoms with Gasteiger partial charge in [-0.25, -0.2) is 4.39 Å². The number of aryl methyl sites for hydroxylation is 1. The maximum Gasteiger partial charge on any atom is 0.270 e. The molecule has 0 atom stereocenters. The zero-order valence-electron chi connectivity index (χ0n) is 14.2. The topological polar surface area (TPSA) is 84.7 Å². The van der Waals surface area contributed by atoms with Crippen molar-refractivity contribution in [2.24, 2.45) is 0 Å². The SMILES string of the molecule is Cc1ccc(NC(=O)c2cc([N+](=O)[O-])ccc2N2CCOCC2)cc1F. The van der Waals surface area contributed by atoms with Crippen molar-refractivity contribution in [3.05, 3.63) is 63.5 Å². The Kier molecular flexibility index (Phi) is 5.13. The van der Waals surface area contributed by atoms with Crippen molar-refractivity contribution in [1.29, 1.82) is 0 Å². The molecule has 0 saturated carbocycles. The van der Waals surface area contributed by atoms with Crippen LogP contribution in [0, 0.1) is 22.9 Å². The van der Waals surface area contributed by atoms with E-state index in [9.17, 15) is 19.3 Å². The Morgan fingerprint density at radius 2 is 1.96 bits per heavy atom. The van der Waals surface area contributed by atoms with E-state index in [1.165, 1.54) is 18.2 Å². The Labute approximate surface area is 149 Å². The van der Waals surface area contributed by atoms with E-state index >= 15 is 0 Å². The van der Waals surface area contributed by atoms with Gasteiger partial charge in [-0.1, -0.05) is 6.07 Å². The molecule has 0 spiro atoms. The number of nitro groups is 1. The minimum atomic E-state index is -0.550. The third-order valence-electron chi connectivity index (χ3n) is 4.22. The molecule has 1 saturated heterocycles. The number of ether oxygens (including phenoxy) is 1. The lowest BCUT2D eigenvalue weighted by molar-refractivity contribution is -0.384. The van der Waals surface area contributed by atoms with E-state index < -0.39 is 16.6 Å². The molecule has 1 aliphatic rings. The number of halogens is 1. The summed E-state index contributed by atoms with van der Waals surface area (Å²) >= 11 is 0. The van der Waals surface area contributed by atoms with Gasteiger partial charge in [0.05, 0.1) is 29.4 Å². The fourth-order valence-corrected chi connectivity index (χ4v) is 2.77. The van der Waals surface area contributed by atoms with Gasteiger partial charge in [-0.2, -0.15) is 0 Å². The molecular formula is C18H18FN3O4. The molecule has 1 aliphatic heterocycles. The van der Waals surface area contributed by atoms with Crippen LogP contribution in [0.2, 0.25) is 0 Å². The van der Waals surface area contributed by atoms with Crippen LogP contribution in [0.3, 0.4) is 0 Å². The molecule has 2 aromatic rings. The van der Waals surface area contributed by atoms with Crippen LogP contribution in [0.4, 0.5) is 21.5 Å². The van der Waals surface area contributed by atoms with Crippen LogP contribution >= 0.6 is 0 Å². The van der Waals surface area contributed by atoms with Crippen LogP contribution in [0.1, 0.15) is 15.9 Å². The van der Waals surface area contributed by atoms with Crippen molar-refractivity contribution < 1.29 is 18.8 Å². The van der Waals surface area contributed by atoms with Crippen molar-refractivity contribution in [1.82, 2.24) is 0 Å². The molecular weight excluding hydrogens is 341 g/mol. The number of hydrogen-bond donors (Lipinski definition) is 1. The molecule has 8 heteroatoms. The van der Waals surface area contributed by atoms with Gasteiger partial charge in [0, 0.05) is 30.9 Å². The molecule has 1 amide bonds. The summed E-state index contributed by atoms with van der Waals surface area (Å²) in [6.45, 7) is 3.81. The number of anilines is 2. The average Bonchev–Trinajstić information content (AvgIpc) is 2.65. The van der Waals surface area contributed by atoms with Crippen LogP contribution in [-0.2, 0) is 4.74 Å². The van der Waals surface area contributed by atoms with Gasteiger partial charge in [0.1, 0.15) is 5.82 Å². The highest BCUT2D eigenvalue weighted by atomic mass is 19.1. The van der Waals surface area contributed by atoms with E-state index in [-0.39, 0.29) is 16.9 Å². The largest absolute Gasteiger partial charge is 0.378 e. The fraction of sp³-hybridized carbons (Fsp3) is 0.278. The summed E-state index contributed by atoms with van der Waals surface area (Å²) in [5.74, 6) is -0.964. The van der Waals surface area contributed by atoms with Gasteiger partial charge >= 0.3 is 0 Å². The highest BCUT2D eigenvalue weighted by Crippen LogP contribution is 2.27. The van der Waals surface area contributed by atoms with E-state index in [0.717, 1.165) is 0 Å².